The van der Waals surface area contributed by atoms with E-state index in [1.807, 2.05) is 0 Å². The number of hydrogen-bond acceptors (Lipinski definition) is 7. The second-order valence-electron chi connectivity index (χ2n) is 6.19. The van der Waals surface area contributed by atoms with Gasteiger partial charge in [-0.25, -0.2) is 14.4 Å². The first-order valence-electron chi connectivity index (χ1n) is 8.83. The minimum atomic E-state index is -0.935. The Morgan fingerprint density at radius 2 is 0.867 bits per heavy atom. The fourth-order valence-corrected chi connectivity index (χ4v) is 1.19. The van der Waals surface area contributed by atoms with Crippen molar-refractivity contribution in [2.24, 2.45) is 11.8 Å². The Balaban J connectivity index is -0.000000161. The van der Waals surface area contributed by atoms with Crippen molar-refractivity contribution >= 4 is 17.9 Å². The topological polar surface area (TPSA) is 193 Å². The molecular weight excluding hydrogens is 400 g/mol. The normalized spacial score (nSPS) is 10.0. The van der Waals surface area contributed by atoms with E-state index in [0.717, 1.165) is 0 Å². The van der Waals surface area contributed by atoms with E-state index in [4.69, 9.17) is 35.7 Å². The first-order valence-corrected chi connectivity index (χ1v) is 8.83. The highest BCUT2D eigenvalue weighted by Gasteiger charge is 2.18. The van der Waals surface area contributed by atoms with Crippen LogP contribution in [-0.4, -0.2) is 80.1 Å². The number of carbonyl (C=O) groups is 3. The highest BCUT2D eigenvalue weighted by atomic mass is 16.4. The lowest BCUT2D eigenvalue weighted by Gasteiger charge is -2.21. The third-order valence-electron chi connectivity index (χ3n) is 3.20. The van der Waals surface area contributed by atoms with Crippen LogP contribution in [0.2, 0.25) is 0 Å². The SMILES string of the molecule is C=C(C)C(=O)O.C=C(C)C(=O)O.C=C(C)C(=O)O.OCCCC(CO)C(CO)CO. The number of carboxylic acid groups (broad SMARTS) is 3. The Bertz CT molecular complexity index is 443. The third-order valence-corrected chi connectivity index (χ3v) is 3.20. The van der Waals surface area contributed by atoms with Crippen molar-refractivity contribution in [3.05, 3.63) is 36.5 Å². The van der Waals surface area contributed by atoms with Crippen molar-refractivity contribution in [1.29, 1.82) is 0 Å². The standard InChI is InChI=1S/C8H18O4.3C4H6O2/c9-3-1-2-7(4-10)8(5-11)6-12;3*1-3(2)4(5)6/h7-12H,1-6H2;3*1H2,2H3,(H,5,6). The van der Waals surface area contributed by atoms with Crippen LogP contribution in [0.3, 0.4) is 0 Å². The number of rotatable bonds is 10. The average molecular weight is 436 g/mol. The van der Waals surface area contributed by atoms with E-state index in [1.165, 1.54) is 20.8 Å². The van der Waals surface area contributed by atoms with E-state index >= 15 is 0 Å². The molecule has 10 nitrogen and oxygen atoms in total. The van der Waals surface area contributed by atoms with Crippen LogP contribution in [0.4, 0.5) is 0 Å². The molecule has 0 heterocycles. The van der Waals surface area contributed by atoms with Crippen LogP contribution in [0.5, 0.6) is 0 Å². The lowest BCUT2D eigenvalue weighted by molar-refractivity contribution is -0.133. The van der Waals surface area contributed by atoms with E-state index in [-0.39, 0.29) is 55.0 Å². The van der Waals surface area contributed by atoms with Crippen LogP contribution < -0.4 is 0 Å². The molecule has 0 amide bonds. The molecule has 0 saturated carbocycles. The molecule has 0 radical (unpaired) electrons. The summed E-state index contributed by atoms with van der Waals surface area (Å²) in [7, 11) is 0. The van der Waals surface area contributed by atoms with Crippen LogP contribution in [0.25, 0.3) is 0 Å². The molecule has 1 atom stereocenters. The van der Waals surface area contributed by atoms with Crippen LogP contribution in [-0.2, 0) is 14.4 Å². The fraction of sp³-hybridized carbons (Fsp3) is 0.550. The van der Waals surface area contributed by atoms with E-state index in [9.17, 15) is 14.4 Å². The van der Waals surface area contributed by atoms with Crippen LogP contribution in [0.15, 0.2) is 36.5 Å². The second-order valence-corrected chi connectivity index (χ2v) is 6.19. The molecule has 0 saturated heterocycles. The molecule has 10 heteroatoms. The number of hydrogen-bond donors (Lipinski definition) is 7. The first-order chi connectivity index (χ1) is 13.7. The molecule has 176 valence electrons. The van der Waals surface area contributed by atoms with E-state index in [1.54, 1.807) is 0 Å². The molecule has 0 bridgehead atoms. The lowest BCUT2D eigenvalue weighted by atomic mass is 9.90. The van der Waals surface area contributed by atoms with Gasteiger partial charge in [-0.3, -0.25) is 0 Å². The smallest absolute Gasteiger partial charge is 0.330 e. The summed E-state index contributed by atoms with van der Waals surface area (Å²) in [4.78, 5) is 28.8. The van der Waals surface area contributed by atoms with Crippen LogP contribution in [0.1, 0.15) is 33.6 Å². The molecule has 1 unspecified atom stereocenters. The Labute approximate surface area is 177 Å². The van der Waals surface area contributed by atoms with E-state index < -0.39 is 17.9 Å². The molecule has 0 aromatic rings. The third kappa shape index (κ3) is 27.7. The fourth-order valence-electron chi connectivity index (χ4n) is 1.19. The Morgan fingerprint density at radius 1 is 0.633 bits per heavy atom. The first kappa shape index (κ1) is 34.9. The largest absolute Gasteiger partial charge is 0.478 e. The van der Waals surface area contributed by atoms with Gasteiger partial charge in [-0.2, -0.15) is 0 Å². The summed E-state index contributed by atoms with van der Waals surface area (Å²) in [5, 5.41) is 58.7. The van der Waals surface area contributed by atoms with Gasteiger partial charge in [-0.1, -0.05) is 19.7 Å². The van der Waals surface area contributed by atoms with Gasteiger partial charge >= 0.3 is 17.9 Å². The molecule has 0 aliphatic carbocycles. The van der Waals surface area contributed by atoms with Crippen molar-refractivity contribution < 1.29 is 50.1 Å². The molecule has 7 N–H and O–H groups in total. The van der Waals surface area contributed by atoms with E-state index in [0.29, 0.717) is 12.8 Å². The highest BCUT2D eigenvalue weighted by molar-refractivity contribution is 5.85. The highest BCUT2D eigenvalue weighted by Crippen LogP contribution is 2.16. The van der Waals surface area contributed by atoms with Gasteiger partial charge in [0.2, 0.25) is 0 Å². The number of aliphatic hydroxyl groups is 4. The number of aliphatic hydroxyl groups excluding tert-OH is 4. The Kier molecular flexibility index (Phi) is 26.5. The number of aliphatic carboxylic acids is 3. The van der Waals surface area contributed by atoms with Gasteiger partial charge in [0.15, 0.2) is 0 Å². The van der Waals surface area contributed by atoms with Crippen molar-refractivity contribution in [1.82, 2.24) is 0 Å². The summed E-state index contributed by atoms with van der Waals surface area (Å²) in [6.45, 7) is 13.6. The minimum absolute atomic E-state index is 0.0498. The van der Waals surface area contributed by atoms with Gasteiger partial charge in [0, 0.05) is 49.1 Å². The maximum atomic E-state index is 9.60. The molecule has 0 aromatic heterocycles. The Hall–Kier alpha value is -2.53. The summed E-state index contributed by atoms with van der Waals surface area (Å²) in [5.74, 6) is -3.17. The molecule has 0 aliphatic rings. The zero-order valence-electron chi connectivity index (χ0n) is 17.9. The Morgan fingerprint density at radius 3 is 1.00 bits per heavy atom. The monoisotopic (exact) mass is 436 g/mol. The number of carboxylic acids is 3. The van der Waals surface area contributed by atoms with Crippen molar-refractivity contribution in [3.63, 3.8) is 0 Å². The maximum absolute atomic E-state index is 9.60. The minimum Gasteiger partial charge on any atom is -0.478 e. The van der Waals surface area contributed by atoms with Gasteiger partial charge in [0.25, 0.3) is 0 Å². The zero-order valence-corrected chi connectivity index (χ0v) is 17.9. The second kappa shape index (κ2) is 22.8. The lowest BCUT2D eigenvalue weighted by Crippen LogP contribution is -2.25. The quantitative estimate of drug-likeness (QED) is 0.242. The van der Waals surface area contributed by atoms with E-state index in [2.05, 4.69) is 19.7 Å². The average Bonchev–Trinajstić information content (AvgIpc) is 2.66. The van der Waals surface area contributed by atoms with Gasteiger partial charge in [0.05, 0.1) is 0 Å². The molecular formula is C20H36O10. The molecule has 0 fully saturated rings. The maximum Gasteiger partial charge on any atom is 0.330 e. The molecule has 0 aromatic carbocycles. The zero-order chi connectivity index (χ0) is 24.9. The van der Waals surface area contributed by atoms with Gasteiger partial charge in [-0.15, -0.1) is 0 Å². The molecule has 0 rings (SSSR count). The van der Waals surface area contributed by atoms with Crippen molar-refractivity contribution in [2.45, 2.75) is 33.6 Å². The van der Waals surface area contributed by atoms with Crippen molar-refractivity contribution in [2.75, 3.05) is 26.4 Å². The summed E-state index contributed by atoms with van der Waals surface area (Å²) in [6, 6.07) is 0. The summed E-state index contributed by atoms with van der Waals surface area (Å²) in [5.41, 5.74) is 0.528. The summed E-state index contributed by atoms with van der Waals surface area (Å²) in [6.07, 6.45) is 1.24. The van der Waals surface area contributed by atoms with Crippen molar-refractivity contribution in [3.8, 4) is 0 Å². The van der Waals surface area contributed by atoms with Gasteiger partial charge in [-0.05, 0) is 39.5 Å². The molecule has 0 aliphatic heterocycles. The van der Waals surface area contributed by atoms with Gasteiger partial charge in [0.1, 0.15) is 0 Å². The predicted molar refractivity (Wildman–Crippen MR) is 112 cm³/mol. The summed E-state index contributed by atoms with van der Waals surface area (Å²) >= 11 is 0. The molecule has 30 heavy (non-hydrogen) atoms. The molecule has 0 spiro atoms. The predicted octanol–water partition coefficient (Wildman–Crippen LogP) is 0.910. The van der Waals surface area contributed by atoms with Crippen LogP contribution in [0, 0.1) is 11.8 Å². The van der Waals surface area contributed by atoms with Crippen LogP contribution >= 0.6 is 0 Å². The summed E-state index contributed by atoms with van der Waals surface area (Å²) < 4.78 is 0. The van der Waals surface area contributed by atoms with Gasteiger partial charge < -0.3 is 35.7 Å².